The summed E-state index contributed by atoms with van der Waals surface area (Å²) < 4.78 is 31.7. The van der Waals surface area contributed by atoms with Crippen molar-refractivity contribution in [2.24, 2.45) is 5.92 Å². The number of carbonyl (C=O) groups excluding carboxylic acids is 2. The molecule has 1 aliphatic heterocycles. The number of hydrogen-bond donors (Lipinski definition) is 1. The number of furan rings is 1. The van der Waals surface area contributed by atoms with Gasteiger partial charge in [-0.15, -0.1) is 0 Å². The zero-order chi connectivity index (χ0) is 21.0. The van der Waals surface area contributed by atoms with Crippen LogP contribution in [0, 0.1) is 5.92 Å². The van der Waals surface area contributed by atoms with Crippen LogP contribution in [0.1, 0.15) is 26.0 Å². The molecule has 1 aromatic carbocycles. The van der Waals surface area contributed by atoms with Crippen molar-refractivity contribution in [3.8, 4) is 0 Å². The first-order chi connectivity index (χ1) is 13.9. The SMILES string of the molecule is CCN(CC)S(=O)(=O)c1ccc(N2C[C@H](C(=O)NCc3ccco3)CC2=O)cc1. The van der Waals surface area contributed by atoms with E-state index in [0.717, 1.165) is 0 Å². The van der Waals surface area contributed by atoms with Crippen LogP contribution in [0.4, 0.5) is 5.69 Å². The zero-order valence-electron chi connectivity index (χ0n) is 16.5. The maximum atomic E-state index is 12.6. The molecular weight excluding hydrogens is 394 g/mol. The first-order valence-corrected chi connectivity index (χ1v) is 11.0. The van der Waals surface area contributed by atoms with Gasteiger partial charge in [0.1, 0.15) is 5.76 Å². The number of amides is 2. The zero-order valence-corrected chi connectivity index (χ0v) is 17.3. The van der Waals surface area contributed by atoms with Crippen LogP contribution in [-0.4, -0.2) is 44.2 Å². The molecule has 3 rings (SSSR count). The highest BCUT2D eigenvalue weighted by Crippen LogP contribution is 2.27. The highest BCUT2D eigenvalue weighted by Gasteiger charge is 2.35. The number of rotatable bonds is 8. The summed E-state index contributed by atoms with van der Waals surface area (Å²) in [6.07, 6.45) is 1.65. The molecule has 2 aromatic rings. The Morgan fingerprint density at radius 2 is 1.90 bits per heavy atom. The van der Waals surface area contributed by atoms with Gasteiger partial charge < -0.3 is 14.6 Å². The van der Waals surface area contributed by atoms with Gasteiger partial charge in [-0.25, -0.2) is 8.42 Å². The van der Waals surface area contributed by atoms with Crippen molar-refractivity contribution < 1.29 is 22.4 Å². The molecule has 0 aliphatic carbocycles. The minimum Gasteiger partial charge on any atom is -0.467 e. The Kier molecular flexibility index (Phi) is 6.39. The molecule has 2 heterocycles. The van der Waals surface area contributed by atoms with Crippen LogP contribution >= 0.6 is 0 Å². The van der Waals surface area contributed by atoms with E-state index in [0.29, 0.717) is 24.5 Å². The summed E-state index contributed by atoms with van der Waals surface area (Å²) in [5, 5.41) is 2.78. The molecular formula is C20H25N3O5S. The molecule has 2 amide bonds. The molecule has 1 atom stereocenters. The minimum atomic E-state index is -3.55. The number of nitrogens with zero attached hydrogens (tertiary/aromatic N) is 2. The third kappa shape index (κ3) is 4.51. The van der Waals surface area contributed by atoms with Crippen molar-refractivity contribution in [1.82, 2.24) is 9.62 Å². The number of carbonyl (C=O) groups is 2. The molecule has 1 aliphatic rings. The fraction of sp³-hybridized carbons (Fsp3) is 0.400. The average Bonchev–Trinajstić information content (AvgIpc) is 3.36. The number of sulfonamides is 1. The van der Waals surface area contributed by atoms with Crippen LogP contribution in [-0.2, 0) is 26.2 Å². The van der Waals surface area contributed by atoms with Crippen LogP contribution in [0.25, 0.3) is 0 Å². The topological polar surface area (TPSA) is 99.9 Å². The van der Waals surface area contributed by atoms with Gasteiger partial charge in [0.2, 0.25) is 21.8 Å². The monoisotopic (exact) mass is 419 g/mol. The second-order valence-electron chi connectivity index (χ2n) is 6.79. The predicted molar refractivity (Wildman–Crippen MR) is 108 cm³/mol. The van der Waals surface area contributed by atoms with E-state index in [1.807, 2.05) is 0 Å². The molecule has 0 radical (unpaired) electrons. The quantitative estimate of drug-likeness (QED) is 0.705. The van der Waals surface area contributed by atoms with Gasteiger partial charge in [-0.1, -0.05) is 13.8 Å². The van der Waals surface area contributed by atoms with Crippen molar-refractivity contribution in [2.75, 3.05) is 24.5 Å². The Balaban J connectivity index is 1.66. The first kappa shape index (κ1) is 21.1. The van der Waals surface area contributed by atoms with E-state index in [9.17, 15) is 18.0 Å². The number of hydrogen-bond acceptors (Lipinski definition) is 5. The van der Waals surface area contributed by atoms with Gasteiger partial charge in [0.25, 0.3) is 0 Å². The summed E-state index contributed by atoms with van der Waals surface area (Å²) in [4.78, 5) is 26.5. The lowest BCUT2D eigenvalue weighted by molar-refractivity contribution is -0.126. The van der Waals surface area contributed by atoms with Crippen molar-refractivity contribution in [1.29, 1.82) is 0 Å². The minimum absolute atomic E-state index is 0.115. The number of anilines is 1. The third-order valence-electron chi connectivity index (χ3n) is 5.00. The molecule has 0 saturated carbocycles. The standard InChI is InChI=1S/C20H25N3O5S/c1-3-22(4-2)29(26,27)18-9-7-16(8-10-18)23-14-15(12-19(23)24)20(25)21-13-17-6-5-11-28-17/h5-11,15H,3-4,12-14H2,1-2H3,(H,21,25)/t15-/m1/s1. The van der Waals surface area contributed by atoms with Crippen LogP contribution in [0.15, 0.2) is 52.0 Å². The van der Waals surface area contributed by atoms with E-state index in [2.05, 4.69) is 5.32 Å². The number of benzene rings is 1. The van der Waals surface area contributed by atoms with Gasteiger partial charge in [-0.3, -0.25) is 9.59 Å². The van der Waals surface area contributed by atoms with E-state index in [-0.39, 0.29) is 36.2 Å². The Morgan fingerprint density at radius 3 is 2.48 bits per heavy atom. The molecule has 156 valence electrons. The van der Waals surface area contributed by atoms with Crippen LogP contribution in [0.5, 0.6) is 0 Å². The lowest BCUT2D eigenvalue weighted by atomic mass is 10.1. The lowest BCUT2D eigenvalue weighted by Crippen LogP contribution is -2.32. The van der Waals surface area contributed by atoms with Gasteiger partial charge in [0.05, 0.1) is 23.6 Å². The largest absolute Gasteiger partial charge is 0.467 e. The molecule has 9 heteroatoms. The third-order valence-corrected chi connectivity index (χ3v) is 7.07. The van der Waals surface area contributed by atoms with Crippen molar-refractivity contribution >= 4 is 27.5 Å². The fourth-order valence-corrected chi connectivity index (χ4v) is 4.83. The fourth-order valence-electron chi connectivity index (χ4n) is 3.38. The second-order valence-corrected chi connectivity index (χ2v) is 8.72. The summed E-state index contributed by atoms with van der Waals surface area (Å²) in [5.41, 5.74) is 0.579. The van der Waals surface area contributed by atoms with Crippen molar-refractivity contribution in [3.63, 3.8) is 0 Å². The van der Waals surface area contributed by atoms with Gasteiger partial charge >= 0.3 is 0 Å². The van der Waals surface area contributed by atoms with Crippen molar-refractivity contribution in [2.45, 2.75) is 31.7 Å². The summed E-state index contributed by atoms with van der Waals surface area (Å²) >= 11 is 0. The summed E-state index contributed by atoms with van der Waals surface area (Å²) in [6.45, 7) is 4.88. The summed E-state index contributed by atoms with van der Waals surface area (Å²) in [7, 11) is -3.55. The summed E-state index contributed by atoms with van der Waals surface area (Å²) in [6, 6.07) is 9.72. The number of nitrogens with one attached hydrogen (secondary N) is 1. The molecule has 0 unspecified atom stereocenters. The smallest absolute Gasteiger partial charge is 0.243 e. The maximum Gasteiger partial charge on any atom is 0.243 e. The van der Waals surface area contributed by atoms with Gasteiger partial charge in [-0.05, 0) is 36.4 Å². The lowest BCUT2D eigenvalue weighted by Gasteiger charge is -2.20. The molecule has 1 saturated heterocycles. The van der Waals surface area contributed by atoms with E-state index in [4.69, 9.17) is 4.42 Å². The molecule has 1 aromatic heterocycles. The molecule has 8 nitrogen and oxygen atoms in total. The highest BCUT2D eigenvalue weighted by molar-refractivity contribution is 7.89. The Hall–Kier alpha value is -2.65. The Bertz CT molecular complexity index is 951. The molecule has 29 heavy (non-hydrogen) atoms. The average molecular weight is 420 g/mol. The van der Waals surface area contributed by atoms with Gasteiger partial charge in [0.15, 0.2) is 0 Å². The van der Waals surface area contributed by atoms with Crippen LogP contribution in [0.3, 0.4) is 0 Å². The molecule has 1 N–H and O–H groups in total. The Labute approximate surface area is 170 Å². The Morgan fingerprint density at radius 1 is 1.21 bits per heavy atom. The van der Waals surface area contributed by atoms with E-state index >= 15 is 0 Å². The van der Waals surface area contributed by atoms with E-state index < -0.39 is 15.9 Å². The van der Waals surface area contributed by atoms with Gasteiger partial charge in [0, 0.05) is 31.7 Å². The molecule has 0 spiro atoms. The second kappa shape index (κ2) is 8.79. The normalized spacial score (nSPS) is 17.1. The van der Waals surface area contributed by atoms with Crippen LogP contribution < -0.4 is 10.2 Å². The highest BCUT2D eigenvalue weighted by atomic mass is 32.2. The molecule has 0 bridgehead atoms. The summed E-state index contributed by atoms with van der Waals surface area (Å²) in [5.74, 6) is -0.193. The van der Waals surface area contributed by atoms with Crippen LogP contribution in [0.2, 0.25) is 0 Å². The predicted octanol–water partition coefficient (Wildman–Crippen LogP) is 1.98. The van der Waals surface area contributed by atoms with E-state index in [1.165, 1.54) is 27.6 Å². The first-order valence-electron chi connectivity index (χ1n) is 9.57. The van der Waals surface area contributed by atoms with E-state index in [1.54, 1.807) is 38.1 Å². The molecule has 1 fully saturated rings. The van der Waals surface area contributed by atoms with Crippen molar-refractivity contribution in [3.05, 3.63) is 48.4 Å². The maximum absolute atomic E-state index is 12.6. The van der Waals surface area contributed by atoms with Gasteiger partial charge in [-0.2, -0.15) is 4.31 Å².